The zero-order chi connectivity index (χ0) is 13.4. The average Bonchev–Trinajstić information content (AvgIpc) is 3.22. The molecule has 1 N–H and O–H groups in total. The molecule has 2 unspecified atom stereocenters. The molecule has 1 heterocycles. The third-order valence-corrected chi connectivity index (χ3v) is 4.48. The van der Waals surface area contributed by atoms with E-state index in [9.17, 15) is 4.39 Å². The summed E-state index contributed by atoms with van der Waals surface area (Å²) in [6, 6.07) is 8.08. The fourth-order valence-electron chi connectivity index (χ4n) is 3.16. The molecule has 3 heteroatoms. The van der Waals surface area contributed by atoms with Crippen LogP contribution in [0.5, 0.6) is 0 Å². The molecule has 2 aliphatic rings. The maximum atomic E-state index is 13.5. The molecule has 0 bridgehead atoms. The van der Waals surface area contributed by atoms with Crippen LogP contribution >= 0.6 is 0 Å². The number of piperazine rings is 1. The Morgan fingerprint density at radius 3 is 2.74 bits per heavy atom. The zero-order valence-electron chi connectivity index (χ0n) is 11.8. The van der Waals surface area contributed by atoms with Gasteiger partial charge in [-0.25, -0.2) is 4.39 Å². The van der Waals surface area contributed by atoms with Crippen molar-refractivity contribution in [3.8, 4) is 0 Å². The van der Waals surface area contributed by atoms with E-state index >= 15 is 0 Å². The summed E-state index contributed by atoms with van der Waals surface area (Å²) in [5.74, 6) is 1.27. The Hall–Kier alpha value is -1.09. The summed E-state index contributed by atoms with van der Waals surface area (Å²) in [7, 11) is 0. The lowest BCUT2D eigenvalue weighted by atomic mass is 9.96. The van der Waals surface area contributed by atoms with E-state index in [0.29, 0.717) is 18.0 Å². The Morgan fingerprint density at radius 1 is 1.32 bits per heavy atom. The van der Waals surface area contributed by atoms with Crippen LogP contribution < -0.4 is 10.2 Å². The first kappa shape index (κ1) is 12.9. The molecule has 104 valence electrons. The Labute approximate surface area is 115 Å². The van der Waals surface area contributed by atoms with Gasteiger partial charge in [0.05, 0.1) is 0 Å². The minimum absolute atomic E-state index is 0.137. The second kappa shape index (κ2) is 5.12. The van der Waals surface area contributed by atoms with E-state index in [1.54, 1.807) is 6.07 Å². The van der Waals surface area contributed by atoms with Crippen LogP contribution in [0.3, 0.4) is 0 Å². The first-order valence-electron chi connectivity index (χ1n) is 7.40. The summed E-state index contributed by atoms with van der Waals surface area (Å²) in [5, 5.41) is 3.69. The predicted octanol–water partition coefficient (Wildman–Crippen LogP) is 3.04. The van der Waals surface area contributed by atoms with E-state index in [2.05, 4.69) is 24.1 Å². The lowest BCUT2D eigenvalue weighted by molar-refractivity contribution is 0.320. The van der Waals surface area contributed by atoms with Crippen molar-refractivity contribution >= 4 is 5.69 Å². The van der Waals surface area contributed by atoms with Crippen LogP contribution in [0.4, 0.5) is 10.1 Å². The molecule has 0 amide bonds. The van der Waals surface area contributed by atoms with Crippen molar-refractivity contribution in [2.45, 2.75) is 38.8 Å². The number of nitrogens with one attached hydrogen (secondary N) is 1. The van der Waals surface area contributed by atoms with Gasteiger partial charge in [-0.05, 0) is 42.9 Å². The molecule has 1 aromatic rings. The second-order valence-electron chi connectivity index (χ2n) is 6.30. The van der Waals surface area contributed by atoms with E-state index in [1.165, 1.54) is 18.9 Å². The van der Waals surface area contributed by atoms with Gasteiger partial charge in [0.2, 0.25) is 0 Å². The fraction of sp³-hybridized carbons (Fsp3) is 0.625. The summed E-state index contributed by atoms with van der Waals surface area (Å²) in [6.07, 6.45) is 2.70. The van der Waals surface area contributed by atoms with Crippen LogP contribution in [-0.2, 0) is 0 Å². The van der Waals surface area contributed by atoms with E-state index in [4.69, 9.17) is 0 Å². The fourth-order valence-corrected chi connectivity index (χ4v) is 3.16. The highest BCUT2D eigenvalue weighted by Crippen LogP contribution is 2.36. The van der Waals surface area contributed by atoms with Crippen molar-refractivity contribution in [1.29, 1.82) is 0 Å². The maximum absolute atomic E-state index is 13.5. The molecular weight excluding hydrogens is 239 g/mol. The van der Waals surface area contributed by atoms with Crippen LogP contribution in [0, 0.1) is 17.7 Å². The monoisotopic (exact) mass is 262 g/mol. The Balaban J connectivity index is 1.83. The minimum Gasteiger partial charge on any atom is -0.365 e. The number of halogens is 1. The molecule has 1 saturated carbocycles. The zero-order valence-corrected chi connectivity index (χ0v) is 11.8. The van der Waals surface area contributed by atoms with Crippen molar-refractivity contribution < 1.29 is 4.39 Å². The van der Waals surface area contributed by atoms with Crippen LogP contribution in [0.15, 0.2) is 24.3 Å². The van der Waals surface area contributed by atoms with Gasteiger partial charge in [-0.3, -0.25) is 0 Å². The van der Waals surface area contributed by atoms with Crippen LogP contribution in [0.25, 0.3) is 0 Å². The highest BCUT2D eigenvalue weighted by Gasteiger charge is 2.38. The third-order valence-electron chi connectivity index (χ3n) is 4.48. The van der Waals surface area contributed by atoms with Gasteiger partial charge in [0.1, 0.15) is 5.82 Å². The Kier molecular flexibility index (Phi) is 3.48. The molecule has 2 nitrogen and oxygen atoms in total. The predicted molar refractivity (Wildman–Crippen MR) is 76.9 cm³/mol. The SMILES string of the molecule is CC(C)C1CNC(C2CC2)CN1c1cccc(F)c1. The van der Waals surface area contributed by atoms with Crippen molar-refractivity contribution in [1.82, 2.24) is 5.32 Å². The smallest absolute Gasteiger partial charge is 0.125 e. The summed E-state index contributed by atoms with van der Waals surface area (Å²) < 4.78 is 13.5. The van der Waals surface area contributed by atoms with Gasteiger partial charge < -0.3 is 10.2 Å². The van der Waals surface area contributed by atoms with Crippen LogP contribution in [0.1, 0.15) is 26.7 Å². The maximum Gasteiger partial charge on any atom is 0.125 e. The highest BCUT2D eigenvalue weighted by atomic mass is 19.1. The summed E-state index contributed by atoms with van der Waals surface area (Å²) >= 11 is 0. The lowest BCUT2D eigenvalue weighted by Gasteiger charge is -2.44. The topological polar surface area (TPSA) is 15.3 Å². The second-order valence-corrected chi connectivity index (χ2v) is 6.30. The molecule has 0 aromatic heterocycles. The molecule has 3 rings (SSSR count). The number of rotatable bonds is 3. The first-order chi connectivity index (χ1) is 9.15. The van der Waals surface area contributed by atoms with Crippen molar-refractivity contribution in [3.63, 3.8) is 0 Å². The Bertz CT molecular complexity index is 442. The normalized spacial score (nSPS) is 27.9. The minimum atomic E-state index is -0.137. The van der Waals surface area contributed by atoms with E-state index < -0.39 is 0 Å². The molecule has 19 heavy (non-hydrogen) atoms. The molecule has 1 aromatic carbocycles. The summed E-state index contributed by atoms with van der Waals surface area (Å²) in [5.41, 5.74) is 1.03. The molecule has 2 fully saturated rings. The first-order valence-corrected chi connectivity index (χ1v) is 7.40. The van der Waals surface area contributed by atoms with Gasteiger partial charge in [0.25, 0.3) is 0 Å². The number of anilines is 1. The van der Waals surface area contributed by atoms with E-state index in [0.717, 1.165) is 24.7 Å². The molecule has 0 spiro atoms. The van der Waals surface area contributed by atoms with Crippen molar-refractivity contribution in [2.24, 2.45) is 11.8 Å². The van der Waals surface area contributed by atoms with Gasteiger partial charge in [-0.15, -0.1) is 0 Å². The van der Waals surface area contributed by atoms with E-state index in [1.807, 2.05) is 12.1 Å². The third kappa shape index (κ3) is 2.76. The molecule has 1 aliphatic carbocycles. The largest absolute Gasteiger partial charge is 0.365 e. The number of benzene rings is 1. The Morgan fingerprint density at radius 2 is 2.11 bits per heavy atom. The highest BCUT2D eigenvalue weighted by molar-refractivity contribution is 5.48. The van der Waals surface area contributed by atoms with Crippen molar-refractivity contribution in [3.05, 3.63) is 30.1 Å². The van der Waals surface area contributed by atoms with Gasteiger partial charge in [0, 0.05) is 30.9 Å². The molecule has 2 atom stereocenters. The lowest BCUT2D eigenvalue weighted by Crippen LogP contribution is -2.59. The number of nitrogens with zero attached hydrogens (tertiary/aromatic N) is 1. The van der Waals surface area contributed by atoms with Gasteiger partial charge in [-0.2, -0.15) is 0 Å². The van der Waals surface area contributed by atoms with Gasteiger partial charge in [0.15, 0.2) is 0 Å². The van der Waals surface area contributed by atoms with Crippen molar-refractivity contribution in [2.75, 3.05) is 18.0 Å². The van der Waals surface area contributed by atoms with Gasteiger partial charge >= 0.3 is 0 Å². The van der Waals surface area contributed by atoms with Gasteiger partial charge in [-0.1, -0.05) is 19.9 Å². The van der Waals surface area contributed by atoms with Crippen LogP contribution in [-0.4, -0.2) is 25.2 Å². The van der Waals surface area contributed by atoms with E-state index in [-0.39, 0.29) is 5.82 Å². The molecular formula is C16H23FN2. The van der Waals surface area contributed by atoms with Crippen LogP contribution in [0.2, 0.25) is 0 Å². The summed E-state index contributed by atoms with van der Waals surface area (Å²) in [4.78, 5) is 2.41. The summed E-state index contributed by atoms with van der Waals surface area (Å²) in [6.45, 7) is 6.51. The molecule has 1 saturated heterocycles. The number of hydrogen-bond donors (Lipinski definition) is 1. The quantitative estimate of drug-likeness (QED) is 0.900. The molecule has 1 aliphatic heterocycles. The number of hydrogen-bond acceptors (Lipinski definition) is 2. The average molecular weight is 262 g/mol. The standard InChI is InChI=1S/C16H23FN2/c1-11(2)16-9-18-15(12-6-7-12)10-19(16)14-5-3-4-13(17)8-14/h3-5,8,11-12,15-16,18H,6-7,9-10H2,1-2H3. The molecule has 0 radical (unpaired) electrons.